The molecule has 3 aromatic heterocycles. The number of aromatic nitrogens is 5. The van der Waals surface area contributed by atoms with Crippen LogP contribution in [0.15, 0.2) is 29.0 Å². The molecule has 0 radical (unpaired) electrons. The molecular weight excluding hydrogens is 232 g/mol. The van der Waals surface area contributed by atoms with Crippen LogP contribution in [0.3, 0.4) is 0 Å². The molecule has 3 aromatic rings. The van der Waals surface area contributed by atoms with Gasteiger partial charge in [0.15, 0.2) is 11.5 Å². The van der Waals surface area contributed by atoms with Gasteiger partial charge in [-0.15, -0.1) is 0 Å². The predicted molar refractivity (Wildman–Crippen MR) is 64.2 cm³/mol. The molecule has 0 atom stereocenters. The molecule has 3 heterocycles. The Morgan fingerprint density at radius 3 is 3.11 bits per heavy atom. The van der Waals surface area contributed by atoms with Crippen LogP contribution in [-0.2, 0) is 6.42 Å². The number of nitrogens with one attached hydrogen (secondary N) is 1. The number of fused-ring (bicyclic) bond motifs is 1. The van der Waals surface area contributed by atoms with E-state index in [9.17, 15) is 0 Å². The van der Waals surface area contributed by atoms with Gasteiger partial charge in [0, 0.05) is 32.2 Å². The van der Waals surface area contributed by atoms with E-state index in [2.05, 4.69) is 25.5 Å². The molecule has 7 heteroatoms. The maximum Gasteiger partial charge on any atom is 0.223 e. The highest BCUT2D eigenvalue weighted by atomic mass is 16.5. The minimum absolute atomic E-state index is 0.587. The molecule has 0 saturated heterocycles. The average Bonchev–Trinajstić information content (AvgIpc) is 2.97. The molecule has 0 bridgehead atoms. The smallest absolute Gasteiger partial charge is 0.223 e. The summed E-state index contributed by atoms with van der Waals surface area (Å²) in [6.45, 7) is 2.48. The minimum atomic E-state index is 0.587. The molecule has 0 saturated carbocycles. The first kappa shape index (κ1) is 10.7. The van der Waals surface area contributed by atoms with E-state index in [1.165, 1.54) is 0 Å². The van der Waals surface area contributed by atoms with E-state index in [0.717, 1.165) is 11.5 Å². The van der Waals surface area contributed by atoms with Gasteiger partial charge in [0.2, 0.25) is 5.89 Å². The first-order valence-corrected chi connectivity index (χ1v) is 5.65. The molecule has 92 valence electrons. The third-order valence-electron chi connectivity index (χ3n) is 2.48. The molecule has 0 aliphatic carbocycles. The van der Waals surface area contributed by atoms with Crippen molar-refractivity contribution in [2.75, 3.05) is 11.9 Å². The van der Waals surface area contributed by atoms with Gasteiger partial charge in [-0.25, -0.2) is 9.50 Å². The monoisotopic (exact) mass is 244 g/mol. The molecule has 0 aliphatic heterocycles. The van der Waals surface area contributed by atoms with Crippen molar-refractivity contribution in [1.82, 2.24) is 24.7 Å². The van der Waals surface area contributed by atoms with Crippen LogP contribution in [0, 0.1) is 6.92 Å². The van der Waals surface area contributed by atoms with E-state index in [1.807, 2.05) is 18.3 Å². The lowest BCUT2D eigenvalue weighted by atomic mass is 10.4. The van der Waals surface area contributed by atoms with Gasteiger partial charge in [-0.05, 0) is 6.07 Å². The molecule has 0 aromatic carbocycles. The van der Waals surface area contributed by atoms with Crippen molar-refractivity contribution >= 4 is 11.5 Å². The lowest BCUT2D eigenvalue weighted by Gasteiger charge is -2.03. The predicted octanol–water partition coefficient (Wildman–Crippen LogP) is 1.08. The molecular formula is C11H12N6O. The van der Waals surface area contributed by atoms with Crippen LogP contribution in [0.25, 0.3) is 5.65 Å². The summed E-state index contributed by atoms with van der Waals surface area (Å²) < 4.78 is 6.61. The third-order valence-corrected chi connectivity index (χ3v) is 2.48. The molecule has 18 heavy (non-hydrogen) atoms. The van der Waals surface area contributed by atoms with Gasteiger partial charge in [-0.1, -0.05) is 5.16 Å². The fourth-order valence-electron chi connectivity index (χ4n) is 1.66. The summed E-state index contributed by atoms with van der Waals surface area (Å²) in [4.78, 5) is 8.53. The molecule has 0 amide bonds. The highest BCUT2D eigenvalue weighted by molar-refractivity contribution is 5.45. The van der Waals surface area contributed by atoms with E-state index in [4.69, 9.17) is 4.52 Å². The van der Waals surface area contributed by atoms with E-state index < -0.39 is 0 Å². The largest absolute Gasteiger partial charge is 0.369 e. The highest BCUT2D eigenvalue weighted by Gasteiger charge is 2.02. The first-order chi connectivity index (χ1) is 8.81. The van der Waals surface area contributed by atoms with Crippen molar-refractivity contribution in [3.63, 3.8) is 0 Å². The number of anilines is 1. The summed E-state index contributed by atoms with van der Waals surface area (Å²) in [6, 6.07) is 3.73. The SMILES string of the molecule is Cc1nc(CCNc2ccn3nccc3n2)no1. The molecule has 0 unspecified atom stereocenters. The molecule has 1 N–H and O–H groups in total. The zero-order chi connectivity index (χ0) is 12.4. The van der Waals surface area contributed by atoms with Crippen LogP contribution in [0.5, 0.6) is 0 Å². The van der Waals surface area contributed by atoms with Crippen LogP contribution >= 0.6 is 0 Å². The average molecular weight is 244 g/mol. The van der Waals surface area contributed by atoms with Gasteiger partial charge in [0.05, 0.1) is 6.20 Å². The number of aryl methyl sites for hydroxylation is 1. The van der Waals surface area contributed by atoms with Crippen molar-refractivity contribution in [2.24, 2.45) is 0 Å². The number of nitrogens with zero attached hydrogens (tertiary/aromatic N) is 5. The fraction of sp³-hybridized carbons (Fsp3) is 0.273. The minimum Gasteiger partial charge on any atom is -0.369 e. The molecule has 7 nitrogen and oxygen atoms in total. The van der Waals surface area contributed by atoms with Gasteiger partial charge < -0.3 is 9.84 Å². The van der Waals surface area contributed by atoms with Crippen LogP contribution in [-0.4, -0.2) is 31.3 Å². The van der Waals surface area contributed by atoms with Crippen molar-refractivity contribution in [3.8, 4) is 0 Å². The number of hydrogen-bond donors (Lipinski definition) is 1. The zero-order valence-electron chi connectivity index (χ0n) is 9.87. The lowest BCUT2D eigenvalue weighted by Crippen LogP contribution is -2.07. The summed E-state index contributed by atoms with van der Waals surface area (Å²) >= 11 is 0. The van der Waals surface area contributed by atoms with E-state index in [0.29, 0.717) is 24.7 Å². The first-order valence-electron chi connectivity index (χ1n) is 5.65. The number of hydrogen-bond acceptors (Lipinski definition) is 6. The van der Waals surface area contributed by atoms with Crippen LogP contribution in [0.4, 0.5) is 5.82 Å². The maximum atomic E-state index is 4.90. The maximum absolute atomic E-state index is 4.90. The molecule has 0 fully saturated rings. The molecule has 0 spiro atoms. The second-order valence-electron chi connectivity index (χ2n) is 3.85. The fourth-order valence-corrected chi connectivity index (χ4v) is 1.66. The van der Waals surface area contributed by atoms with Crippen molar-refractivity contribution in [2.45, 2.75) is 13.3 Å². The normalized spacial score (nSPS) is 10.9. The summed E-state index contributed by atoms with van der Waals surface area (Å²) in [6.07, 6.45) is 4.28. The summed E-state index contributed by atoms with van der Waals surface area (Å²) in [7, 11) is 0. The number of rotatable bonds is 4. The van der Waals surface area contributed by atoms with Gasteiger partial charge in [0.25, 0.3) is 0 Å². The van der Waals surface area contributed by atoms with Gasteiger partial charge in [-0.3, -0.25) is 0 Å². The Labute approximate surface area is 103 Å². The van der Waals surface area contributed by atoms with E-state index >= 15 is 0 Å². The van der Waals surface area contributed by atoms with Crippen molar-refractivity contribution in [3.05, 3.63) is 36.2 Å². The second-order valence-corrected chi connectivity index (χ2v) is 3.85. The lowest BCUT2D eigenvalue weighted by molar-refractivity contribution is 0.387. The summed E-state index contributed by atoms with van der Waals surface area (Å²) in [5, 5.41) is 11.1. The quantitative estimate of drug-likeness (QED) is 0.739. The third kappa shape index (κ3) is 2.15. The molecule has 0 aliphatic rings. The Morgan fingerprint density at radius 2 is 2.28 bits per heavy atom. The van der Waals surface area contributed by atoms with Crippen LogP contribution in [0.1, 0.15) is 11.7 Å². The van der Waals surface area contributed by atoms with E-state index in [-0.39, 0.29) is 0 Å². The second kappa shape index (κ2) is 4.44. The van der Waals surface area contributed by atoms with Crippen LogP contribution < -0.4 is 5.32 Å². The van der Waals surface area contributed by atoms with Gasteiger partial charge in [-0.2, -0.15) is 10.1 Å². The molecule has 3 rings (SSSR count). The Balaban J connectivity index is 1.62. The van der Waals surface area contributed by atoms with Crippen molar-refractivity contribution in [1.29, 1.82) is 0 Å². The highest BCUT2D eigenvalue weighted by Crippen LogP contribution is 2.05. The standard InChI is InChI=1S/C11H12N6O/c1-8-14-10(16-18-8)2-5-12-9-4-7-17-11(15-9)3-6-13-17/h3-4,6-7H,2,5H2,1H3,(H,12,15). The zero-order valence-corrected chi connectivity index (χ0v) is 9.87. The van der Waals surface area contributed by atoms with Crippen molar-refractivity contribution < 1.29 is 4.52 Å². The Kier molecular flexibility index (Phi) is 2.64. The van der Waals surface area contributed by atoms with E-state index in [1.54, 1.807) is 17.6 Å². The van der Waals surface area contributed by atoms with Gasteiger partial charge >= 0.3 is 0 Å². The Bertz CT molecular complexity index is 658. The van der Waals surface area contributed by atoms with Crippen LogP contribution in [0.2, 0.25) is 0 Å². The Morgan fingerprint density at radius 1 is 1.33 bits per heavy atom. The summed E-state index contributed by atoms with van der Waals surface area (Å²) in [5.74, 6) is 2.09. The topological polar surface area (TPSA) is 81.1 Å². The Hall–Kier alpha value is -2.44. The van der Waals surface area contributed by atoms with Gasteiger partial charge in [0.1, 0.15) is 5.82 Å². The summed E-state index contributed by atoms with van der Waals surface area (Å²) in [5.41, 5.74) is 0.815.